The van der Waals surface area contributed by atoms with E-state index in [9.17, 15) is 4.79 Å². The number of ether oxygens (including phenoxy) is 2. The summed E-state index contributed by atoms with van der Waals surface area (Å²) in [6, 6.07) is 16.3. The van der Waals surface area contributed by atoms with E-state index in [1.54, 1.807) is 11.3 Å². The molecule has 0 saturated carbocycles. The number of nitrogens with zero attached hydrogens (tertiary/aromatic N) is 3. The molecule has 2 atom stereocenters. The Kier molecular flexibility index (Phi) is 5.08. The van der Waals surface area contributed by atoms with Crippen molar-refractivity contribution in [2.75, 3.05) is 26.2 Å². The van der Waals surface area contributed by atoms with Crippen molar-refractivity contribution in [2.45, 2.75) is 25.5 Å². The highest BCUT2D eigenvalue weighted by atomic mass is 32.1. The molecule has 6 rings (SSSR count). The predicted octanol–water partition coefficient (Wildman–Crippen LogP) is 4.43. The number of carbonyl (C=O) groups excluding carboxylic acids is 1. The van der Waals surface area contributed by atoms with Gasteiger partial charge in [0.1, 0.15) is 11.9 Å². The van der Waals surface area contributed by atoms with Crippen LogP contribution in [0.1, 0.15) is 18.4 Å². The average Bonchev–Trinajstić information content (AvgIpc) is 3.58. The Morgan fingerprint density at radius 2 is 2.03 bits per heavy atom. The molecule has 0 radical (unpaired) electrons. The lowest BCUT2D eigenvalue weighted by Crippen LogP contribution is -2.38. The van der Waals surface area contributed by atoms with Crippen LogP contribution in [0.15, 0.2) is 60.3 Å². The monoisotopic (exact) mass is 447 g/mol. The van der Waals surface area contributed by atoms with Crippen LogP contribution in [-0.2, 0) is 16.1 Å². The number of carbonyl (C=O) groups is 1. The van der Waals surface area contributed by atoms with Gasteiger partial charge in [-0.25, -0.2) is 4.98 Å². The molecule has 164 valence electrons. The zero-order chi connectivity index (χ0) is 21.5. The van der Waals surface area contributed by atoms with E-state index in [4.69, 9.17) is 9.47 Å². The molecule has 2 saturated heterocycles. The fourth-order valence-corrected chi connectivity index (χ4v) is 5.67. The first-order valence-electron chi connectivity index (χ1n) is 11.2. The van der Waals surface area contributed by atoms with Crippen LogP contribution in [0.4, 0.5) is 0 Å². The highest BCUT2D eigenvalue weighted by molar-refractivity contribution is 7.20. The normalized spacial score (nSPS) is 22.4. The molecule has 3 aliphatic rings. The van der Waals surface area contributed by atoms with Gasteiger partial charge in [0, 0.05) is 44.9 Å². The fraction of sp³-hybridized carbons (Fsp3) is 0.360. The Balaban J connectivity index is 1.06. The molecule has 4 heterocycles. The molecule has 7 heteroatoms. The fourth-order valence-electron chi connectivity index (χ4n) is 4.84. The van der Waals surface area contributed by atoms with Crippen LogP contribution >= 0.6 is 11.3 Å². The van der Waals surface area contributed by atoms with E-state index in [1.807, 2.05) is 35.2 Å². The second kappa shape index (κ2) is 8.22. The van der Waals surface area contributed by atoms with E-state index in [0.717, 1.165) is 55.0 Å². The van der Waals surface area contributed by atoms with Crippen LogP contribution in [-0.4, -0.2) is 53.0 Å². The van der Waals surface area contributed by atoms with Crippen LogP contribution in [0.5, 0.6) is 10.9 Å². The van der Waals surface area contributed by atoms with Crippen molar-refractivity contribution in [3.63, 3.8) is 0 Å². The minimum Gasteiger partial charge on any atom is -0.431 e. The quantitative estimate of drug-likeness (QED) is 0.579. The van der Waals surface area contributed by atoms with E-state index in [1.165, 1.54) is 11.1 Å². The van der Waals surface area contributed by atoms with Gasteiger partial charge < -0.3 is 19.3 Å². The van der Waals surface area contributed by atoms with Crippen molar-refractivity contribution in [1.82, 2.24) is 14.8 Å². The molecular weight excluding hydrogens is 422 g/mol. The molecule has 6 nitrogen and oxygen atoms in total. The highest BCUT2D eigenvalue weighted by Gasteiger charge is 2.38. The van der Waals surface area contributed by atoms with Crippen LogP contribution in [0.25, 0.3) is 10.2 Å². The Morgan fingerprint density at radius 1 is 1.16 bits per heavy atom. The highest BCUT2D eigenvalue weighted by Crippen LogP contribution is 2.33. The Hall–Kier alpha value is -2.90. The SMILES string of the molecule is O=C(C1CCCO1)N1CC2=CN(Cc3ccc(Oc4nc5ccccc5s4)cc3)CC2C1. The molecule has 0 aliphatic carbocycles. The van der Waals surface area contributed by atoms with Gasteiger partial charge in [0.2, 0.25) is 0 Å². The van der Waals surface area contributed by atoms with Crippen molar-refractivity contribution < 1.29 is 14.3 Å². The van der Waals surface area contributed by atoms with E-state index in [2.05, 4.69) is 34.3 Å². The van der Waals surface area contributed by atoms with Gasteiger partial charge in [0.25, 0.3) is 11.1 Å². The van der Waals surface area contributed by atoms with Gasteiger partial charge in [-0.2, -0.15) is 0 Å². The molecule has 3 aliphatic heterocycles. The second-order valence-electron chi connectivity index (χ2n) is 8.74. The predicted molar refractivity (Wildman–Crippen MR) is 124 cm³/mol. The van der Waals surface area contributed by atoms with Gasteiger partial charge in [-0.3, -0.25) is 4.79 Å². The molecule has 2 aromatic carbocycles. The number of amides is 1. The third kappa shape index (κ3) is 3.87. The number of para-hydroxylation sites is 1. The number of benzene rings is 2. The number of fused-ring (bicyclic) bond motifs is 2. The topological polar surface area (TPSA) is 54.9 Å². The zero-order valence-electron chi connectivity index (χ0n) is 17.8. The second-order valence-corrected chi connectivity index (χ2v) is 9.74. The summed E-state index contributed by atoms with van der Waals surface area (Å²) in [5, 5.41) is 0.665. The van der Waals surface area contributed by atoms with Crippen molar-refractivity contribution in [3.05, 3.63) is 65.9 Å². The summed E-state index contributed by atoms with van der Waals surface area (Å²) in [6.45, 7) is 4.11. The third-order valence-electron chi connectivity index (χ3n) is 6.45. The van der Waals surface area contributed by atoms with Crippen molar-refractivity contribution >= 4 is 27.5 Å². The zero-order valence-corrected chi connectivity index (χ0v) is 18.6. The minimum atomic E-state index is -0.214. The van der Waals surface area contributed by atoms with Gasteiger partial charge >= 0.3 is 0 Å². The summed E-state index contributed by atoms with van der Waals surface area (Å²) in [5.41, 5.74) is 3.57. The smallest absolute Gasteiger partial charge is 0.279 e. The first-order valence-corrected chi connectivity index (χ1v) is 12.0. The Morgan fingerprint density at radius 3 is 2.81 bits per heavy atom. The molecule has 2 fully saturated rings. The van der Waals surface area contributed by atoms with Gasteiger partial charge in [-0.1, -0.05) is 35.6 Å². The van der Waals surface area contributed by atoms with Gasteiger partial charge in [-0.15, -0.1) is 0 Å². The van der Waals surface area contributed by atoms with E-state index >= 15 is 0 Å². The molecule has 1 amide bonds. The maximum Gasteiger partial charge on any atom is 0.279 e. The molecule has 0 bridgehead atoms. The summed E-state index contributed by atoms with van der Waals surface area (Å²) in [6.07, 6.45) is 3.89. The lowest BCUT2D eigenvalue weighted by Gasteiger charge is -2.22. The largest absolute Gasteiger partial charge is 0.431 e. The van der Waals surface area contributed by atoms with Crippen LogP contribution in [0.3, 0.4) is 0 Å². The van der Waals surface area contributed by atoms with E-state index in [-0.39, 0.29) is 12.0 Å². The van der Waals surface area contributed by atoms with Gasteiger partial charge in [0.15, 0.2) is 0 Å². The Bertz CT molecular complexity index is 1130. The number of likely N-dealkylation sites (tertiary alicyclic amines) is 1. The summed E-state index contributed by atoms with van der Waals surface area (Å²) in [4.78, 5) is 21.5. The van der Waals surface area contributed by atoms with E-state index < -0.39 is 0 Å². The number of thiazole rings is 1. The van der Waals surface area contributed by atoms with Crippen molar-refractivity contribution in [3.8, 4) is 10.9 Å². The van der Waals surface area contributed by atoms with Gasteiger partial charge in [-0.05, 0) is 48.2 Å². The van der Waals surface area contributed by atoms with Gasteiger partial charge in [0.05, 0.1) is 10.2 Å². The number of hydrogen-bond donors (Lipinski definition) is 0. The lowest BCUT2D eigenvalue weighted by molar-refractivity contribution is -0.139. The number of rotatable bonds is 5. The summed E-state index contributed by atoms with van der Waals surface area (Å²) in [7, 11) is 0. The molecule has 1 aromatic heterocycles. The summed E-state index contributed by atoms with van der Waals surface area (Å²) in [5.74, 6) is 1.42. The molecule has 3 aromatic rings. The van der Waals surface area contributed by atoms with E-state index in [0.29, 0.717) is 17.7 Å². The molecule has 2 unspecified atom stereocenters. The lowest BCUT2D eigenvalue weighted by atomic mass is 10.1. The van der Waals surface area contributed by atoms with Crippen LogP contribution in [0, 0.1) is 5.92 Å². The maximum atomic E-state index is 12.6. The first-order chi connectivity index (χ1) is 15.7. The minimum absolute atomic E-state index is 0.174. The first kappa shape index (κ1) is 19.8. The van der Waals surface area contributed by atoms with Crippen LogP contribution < -0.4 is 4.74 Å². The number of aromatic nitrogens is 1. The molecule has 0 N–H and O–H groups in total. The Labute approximate surface area is 191 Å². The summed E-state index contributed by atoms with van der Waals surface area (Å²) >= 11 is 1.56. The third-order valence-corrected chi connectivity index (χ3v) is 7.36. The maximum absolute atomic E-state index is 12.6. The van der Waals surface area contributed by atoms with Crippen molar-refractivity contribution in [1.29, 1.82) is 0 Å². The average molecular weight is 448 g/mol. The van der Waals surface area contributed by atoms with Crippen LogP contribution in [0.2, 0.25) is 0 Å². The molecule has 32 heavy (non-hydrogen) atoms. The standard InChI is InChI=1S/C25H25N3O3S/c29-24(22-5-3-11-30-22)28-15-18-13-27(14-19(18)16-28)12-17-7-9-20(10-8-17)31-25-26-21-4-1-2-6-23(21)32-25/h1-2,4,6-10,13,19,22H,3,5,11-12,14-16H2. The number of hydrogen-bond acceptors (Lipinski definition) is 6. The molecular formula is C25H25N3O3S. The molecule has 0 spiro atoms. The summed E-state index contributed by atoms with van der Waals surface area (Å²) < 4.78 is 12.7. The van der Waals surface area contributed by atoms with Crippen molar-refractivity contribution in [2.24, 2.45) is 5.92 Å².